The van der Waals surface area contributed by atoms with Crippen molar-refractivity contribution in [1.82, 2.24) is 15.0 Å². The van der Waals surface area contributed by atoms with Crippen LogP contribution in [0, 0.1) is 5.95 Å². The molecule has 0 aliphatic carbocycles. The van der Waals surface area contributed by atoms with Crippen LogP contribution >= 0.6 is 0 Å². The normalized spacial score (nSPS) is 10.6. The van der Waals surface area contributed by atoms with Gasteiger partial charge in [-0.2, -0.15) is 4.39 Å². The molecule has 94 valence electrons. The van der Waals surface area contributed by atoms with Crippen molar-refractivity contribution in [2.75, 3.05) is 5.32 Å². The third-order valence-corrected chi connectivity index (χ3v) is 2.65. The lowest BCUT2D eigenvalue weighted by Crippen LogP contribution is -1.97. The number of phenols is 1. The minimum atomic E-state index is -0.609. The number of pyridine rings is 1. The van der Waals surface area contributed by atoms with Gasteiger partial charge in [0.15, 0.2) is 0 Å². The summed E-state index contributed by atoms with van der Waals surface area (Å²) in [5.74, 6) is -0.112. The lowest BCUT2D eigenvalue weighted by atomic mass is 10.2. The highest BCUT2D eigenvalue weighted by Gasteiger charge is 2.07. The van der Waals surface area contributed by atoms with E-state index in [9.17, 15) is 9.50 Å². The monoisotopic (exact) mass is 256 g/mol. The van der Waals surface area contributed by atoms with E-state index in [1.807, 2.05) is 0 Å². The Hall–Kier alpha value is -2.76. The van der Waals surface area contributed by atoms with Gasteiger partial charge in [-0.1, -0.05) is 12.1 Å². The van der Waals surface area contributed by atoms with Gasteiger partial charge in [-0.15, -0.1) is 0 Å². The van der Waals surface area contributed by atoms with Gasteiger partial charge >= 0.3 is 0 Å². The number of benzene rings is 1. The summed E-state index contributed by atoms with van der Waals surface area (Å²) < 4.78 is 13.2. The van der Waals surface area contributed by atoms with Gasteiger partial charge in [0.05, 0.1) is 17.4 Å². The zero-order chi connectivity index (χ0) is 13.2. The number of rotatable bonds is 2. The predicted molar refractivity (Wildman–Crippen MR) is 68.7 cm³/mol. The lowest BCUT2D eigenvalue weighted by Gasteiger charge is -2.09. The van der Waals surface area contributed by atoms with Crippen LogP contribution in [0.15, 0.2) is 42.9 Å². The fourth-order valence-electron chi connectivity index (χ4n) is 1.74. The van der Waals surface area contributed by atoms with E-state index in [-0.39, 0.29) is 5.75 Å². The highest BCUT2D eigenvalue weighted by atomic mass is 19.1. The van der Waals surface area contributed by atoms with Gasteiger partial charge in [0.1, 0.15) is 17.9 Å². The summed E-state index contributed by atoms with van der Waals surface area (Å²) in [6.45, 7) is 0. The summed E-state index contributed by atoms with van der Waals surface area (Å²) in [6.07, 6.45) is 2.69. The summed E-state index contributed by atoms with van der Waals surface area (Å²) in [4.78, 5) is 11.6. The highest BCUT2D eigenvalue weighted by molar-refractivity contribution is 5.90. The molecule has 0 saturated carbocycles. The van der Waals surface area contributed by atoms with E-state index >= 15 is 0 Å². The van der Waals surface area contributed by atoms with Crippen LogP contribution in [-0.2, 0) is 0 Å². The molecule has 0 atom stereocenters. The van der Waals surface area contributed by atoms with Gasteiger partial charge in [0.25, 0.3) is 0 Å². The molecule has 0 unspecified atom stereocenters. The topological polar surface area (TPSA) is 70.9 Å². The molecule has 0 aliphatic rings. The number of halogens is 1. The fourth-order valence-corrected chi connectivity index (χ4v) is 1.74. The Kier molecular flexibility index (Phi) is 2.68. The van der Waals surface area contributed by atoms with Gasteiger partial charge in [-0.05, 0) is 12.1 Å². The van der Waals surface area contributed by atoms with Crippen LogP contribution in [0.2, 0.25) is 0 Å². The van der Waals surface area contributed by atoms with Gasteiger partial charge in [0.2, 0.25) is 5.95 Å². The molecule has 3 rings (SSSR count). The van der Waals surface area contributed by atoms with Crippen molar-refractivity contribution in [3.8, 4) is 5.75 Å². The minimum absolute atomic E-state index is 0.0868. The number of phenolic OH excluding ortho intramolecular Hbond substituents is 1. The number of fused-ring (bicyclic) bond motifs is 1. The zero-order valence-electron chi connectivity index (χ0n) is 9.71. The van der Waals surface area contributed by atoms with E-state index in [1.165, 1.54) is 18.6 Å². The van der Waals surface area contributed by atoms with Crippen molar-refractivity contribution in [1.29, 1.82) is 0 Å². The maximum atomic E-state index is 13.2. The van der Waals surface area contributed by atoms with Crippen molar-refractivity contribution >= 4 is 22.4 Å². The fraction of sp³-hybridized carbons (Fsp3) is 0. The molecule has 2 heterocycles. The molecular weight excluding hydrogens is 247 g/mol. The molecule has 1 aromatic carbocycles. The van der Waals surface area contributed by atoms with Gasteiger partial charge in [0, 0.05) is 11.5 Å². The molecule has 0 saturated heterocycles. The number of hydrogen-bond donors (Lipinski definition) is 2. The number of aromatic nitrogens is 3. The smallest absolute Gasteiger partial charge is 0.213 e. The van der Waals surface area contributed by atoms with Crippen molar-refractivity contribution in [3.05, 3.63) is 48.8 Å². The molecule has 0 spiro atoms. The first-order valence-corrected chi connectivity index (χ1v) is 5.55. The predicted octanol–water partition coefficient (Wildman–Crippen LogP) is 2.61. The van der Waals surface area contributed by atoms with Crippen LogP contribution in [0.4, 0.5) is 15.9 Å². The maximum Gasteiger partial charge on any atom is 0.213 e. The summed E-state index contributed by atoms with van der Waals surface area (Å²) >= 11 is 0. The third-order valence-electron chi connectivity index (χ3n) is 2.65. The van der Waals surface area contributed by atoms with Crippen LogP contribution in [0.1, 0.15) is 0 Å². The molecule has 2 aromatic heterocycles. The first kappa shape index (κ1) is 11.3. The van der Waals surface area contributed by atoms with Crippen LogP contribution < -0.4 is 5.32 Å². The zero-order valence-corrected chi connectivity index (χ0v) is 9.71. The second kappa shape index (κ2) is 4.49. The number of anilines is 2. The largest absolute Gasteiger partial charge is 0.506 e. The van der Waals surface area contributed by atoms with Gasteiger partial charge in [-0.25, -0.2) is 15.0 Å². The van der Waals surface area contributed by atoms with Crippen LogP contribution in [0.5, 0.6) is 5.75 Å². The molecule has 0 aliphatic heterocycles. The summed E-state index contributed by atoms with van der Waals surface area (Å²) in [6, 6.07) is 7.97. The van der Waals surface area contributed by atoms with Crippen LogP contribution in [0.25, 0.3) is 10.9 Å². The van der Waals surface area contributed by atoms with E-state index in [0.29, 0.717) is 22.4 Å². The Balaban J connectivity index is 2.10. The van der Waals surface area contributed by atoms with Crippen LogP contribution in [0.3, 0.4) is 0 Å². The van der Waals surface area contributed by atoms with Crippen molar-refractivity contribution in [3.63, 3.8) is 0 Å². The highest BCUT2D eigenvalue weighted by Crippen LogP contribution is 2.28. The van der Waals surface area contributed by atoms with E-state index in [1.54, 1.807) is 24.3 Å². The van der Waals surface area contributed by atoms with E-state index in [2.05, 4.69) is 20.3 Å². The van der Waals surface area contributed by atoms with E-state index in [0.717, 1.165) is 0 Å². The van der Waals surface area contributed by atoms with Crippen molar-refractivity contribution in [2.24, 2.45) is 0 Å². The molecule has 0 bridgehead atoms. The maximum absolute atomic E-state index is 13.2. The first-order chi connectivity index (χ1) is 9.24. The SMILES string of the molecule is Oc1ccccc1Nc1ncnc2cnc(F)cc12. The number of nitrogens with one attached hydrogen (secondary N) is 1. The average Bonchev–Trinajstić information content (AvgIpc) is 2.42. The molecule has 3 aromatic rings. The first-order valence-electron chi connectivity index (χ1n) is 5.55. The molecule has 6 heteroatoms. The standard InChI is InChI=1S/C13H9FN4O/c14-12-5-8-10(6-15-12)16-7-17-13(8)18-9-3-1-2-4-11(9)19/h1-7,19H,(H,16,17,18). The van der Waals surface area contributed by atoms with Gasteiger partial charge < -0.3 is 10.4 Å². The lowest BCUT2D eigenvalue weighted by molar-refractivity contribution is 0.478. The molecule has 5 nitrogen and oxygen atoms in total. The summed E-state index contributed by atoms with van der Waals surface area (Å²) in [7, 11) is 0. The molecule has 0 amide bonds. The summed E-state index contributed by atoms with van der Waals surface area (Å²) in [5, 5.41) is 13.2. The Morgan fingerprint density at radius 2 is 1.95 bits per heavy atom. The van der Waals surface area contributed by atoms with E-state index < -0.39 is 5.95 Å². The Bertz CT molecular complexity index is 748. The Morgan fingerprint density at radius 1 is 1.11 bits per heavy atom. The number of nitrogens with zero attached hydrogens (tertiary/aromatic N) is 3. The quantitative estimate of drug-likeness (QED) is 0.544. The van der Waals surface area contributed by atoms with Gasteiger partial charge in [-0.3, -0.25) is 0 Å². The molecule has 0 fully saturated rings. The molecular formula is C13H9FN4O. The Morgan fingerprint density at radius 3 is 2.79 bits per heavy atom. The number of hydrogen-bond acceptors (Lipinski definition) is 5. The molecule has 2 N–H and O–H groups in total. The molecule has 0 radical (unpaired) electrons. The second-order valence-corrected chi connectivity index (χ2v) is 3.89. The van der Waals surface area contributed by atoms with Crippen LogP contribution in [-0.4, -0.2) is 20.1 Å². The average molecular weight is 256 g/mol. The second-order valence-electron chi connectivity index (χ2n) is 3.89. The van der Waals surface area contributed by atoms with E-state index in [4.69, 9.17) is 0 Å². The van der Waals surface area contributed by atoms with Crippen molar-refractivity contribution in [2.45, 2.75) is 0 Å². The Labute approximate surface area is 107 Å². The minimum Gasteiger partial charge on any atom is -0.506 e. The third kappa shape index (κ3) is 2.15. The molecule has 19 heavy (non-hydrogen) atoms. The summed E-state index contributed by atoms with van der Waals surface area (Å²) in [5.41, 5.74) is 1.01. The number of para-hydroxylation sites is 2. The van der Waals surface area contributed by atoms with Crippen molar-refractivity contribution < 1.29 is 9.50 Å². The number of aromatic hydroxyl groups is 1.